The Hall–Kier alpha value is -2.63. The number of hydrogen-bond acceptors (Lipinski definition) is 5. The van der Waals surface area contributed by atoms with E-state index in [1.165, 1.54) is 17.9 Å². The summed E-state index contributed by atoms with van der Waals surface area (Å²) in [6, 6.07) is 8.25. The number of ether oxygens (including phenoxy) is 1. The smallest absolute Gasteiger partial charge is 0.333 e. The molecule has 0 aliphatic heterocycles. The van der Waals surface area contributed by atoms with Crippen LogP contribution >= 0.6 is 0 Å². The van der Waals surface area contributed by atoms with Gasteiger partial charge < -0.3 is 14.6 Å². The van der Waals surface area contributed by atoms with Crippen molar-refractivity contribution in [3.05, 3.63) is 58.6 Å². The van der Waals surface area contributed by atoms with Crippen LogP contribution in [0.25, 0.3) is 0 Å². The van der Waals surface area contributed by atoms with Crippen LogP contribution in [-0.4, -0.2) is 22.6 Å². The molecule has 1 N–H and O–H groups in total. The molecule has 0 saturated heterocycles. The van der Waals surface area contributed by atoms with Gasteiger partial charge >= 0.3 is 5.97 Å². The van der Waals surface area contributed by atoms with E-state index in [4.69, 9.17) is 4.74 Å². The second-order valence-electron chi connectivity index (χ2n) is 4.20. The molecule has 1 aromatic heterocycles. The molecule has 0 aliphatic rings. The van der Waals surface area contributed by atoms with Crippen molar-refractivity contribution in [1.29, 1.82) is 0 Å². The molecule has 2 aromatic rings. The van der Waals surface area contributed by atoms with Gasteiger partial charge in [-0.1, -0.05) is 30.3 Å². The number of carbonyl (C=O) groups is 1. The summed E-state index contributed by atoms with van der Waals surface area (Å²) in [7, 11) is 2.92. The standard InChI is InChI=1S/C14H15N3O3/c1-17-9-8-15-12(13(17)18)16-11(14(19)20-2)10-6-4-3-5-7-10/h3-9,11H,1-2H3,(H,15,16). The molecule has 0 spiro atoms. The van der Waals surface area contributed by atoms with Gasteiger partial charge in [-0.05, 0) is 5.56 Å². The quantitative estimate of drug-likeness (QED) is 0.845. The van der Waals surface area contributed by atoms with Gasteiger partial charge in [0.05, 0.1) is 7.11 Å². The monoisotopic (exact) mass is 273 g/mol. The summed E-state index contributed by atoms with van der Waals surface area (Å²) < 4.78 is 6.15. The third-order valence-corrected chi connectivity index (χ3v) is 2.87. The maximum atomic E-state index is 11.9. The van der Waals surface area contributed by atoms with Crippen LogP contribution in [-0.2, 0) is 16.6 Å². The lowest BCUT2D eigenvalue weighted by Gasteiger charge is -2.17. The van der Waals surface area contributed by atoms with E-state index in [1.54, 1.807) is 25.4 Å². The molecule has 0 radical (unpaired) electrons. The minimum atomic E-state index is -0.774. The normalized spacial score (nSPS) is 11.7. The molecule has 1 unspecified atom stereocenters. The summed E-state index contributed by atoms with van der Waals surface area (Å²) >= 11 is 0. The zero-order chi connectivity index (χ0) is 14.5. The van der Waals surface area contributed by atoms with E-state index < -0.39 is 12.0 Å². The topological polar surface area (TPSA) is 73.2 Å². The average Bonchev–Trinajstić information content (AvgIpc) is 2.49. The molecule has 1 aromatic carbocycles. The number of nitrogens with one attached hydrogen (secondary N) is 1. The first kappa shape index (κ1) is 13.8. The van der Waals surface area contributed by atoms with Crippen molar-refractivity contribution in [1.82, 2.24) is 9.55 Å². The minimum Gasteiger partial charge on any atom is -0.467 e. The zero-order valence-electron chi connectivity index (χ0n) is 11.2. The van der Waals surface area contributed by atoms with E-state index in [0.717, 1.165) is 0 Å². The van der Waals surface area contributed by atoms with Crippen molar-refractivity contribution in [3.63, 3.8) is 0 Å². The van der Waals surface area contributed by atoms with E-state index >= 15 is 0 Å². The Kier molecular flexibility index (Phi) is 4.14. The van der Waals surface area contributed by atoms with Gasteiger partial charge in [0, 0.05) is 19.4 Å². The molecule has 1 atom stereocenters. The Morgan fingerprint density at radius 2 is 2.05 bits per heavy atom. The molecular weight excluding hydrogens is 258 g/mol. The molecule has 0 aliphatic carbocycles. The molecule has 0 saturated carbocycles. The number of nitrogens with zero attached hydrogens (tertiary/aromatic N) is 2. The van der Waals surface area contributed by atoms with Crippen LogP contribution in [0.5, 0.6) is 0 Å². The van der Waals surface area contributed by atoms with E-state index in [-0.39, 0.29) is 11.4 Å². The highest BCUT2D eigenvalue weighted by atomic mass is 16.5. The molecule has 20 heavy (non-hydrogen) atoms. The molecular formula is C14H15N3O3. The van der Waals surface area contributed by atoms with Gasteiger partial charge in [-0.15, -0.1) is 0 Å². The van der Waals surface area contributed by atoms with Gasteiger partial charge in [-0.2, -0.15) is 0 Å². The average molecular weight is 273 g/mol. The zero-order valence-corrected chi connectivity index (χ0v) is 11.2. The minimum absolute atomic E-state index is 0.106. The van der Waals surface area contributed by atoms with E-state index in [1.807, 2.05) is 18.2 Å². The third-order valence-electron chi connectivity index (χ3n) is 2.87. The van der Waals surface area contributed by atoms with E-state index in [2.05, 4.69) is 10.3 Å². The Morgan fingerprint density at radius 3 is 2.70 bits per heavy atom. The highest BCUT2D eigenvalue weighted by Crippen LogP contribution is 2.17. The van der Waals surface area contributed by atoms with E-state index in [9.17, 15) is 9.59 Å². The number of esters is 1. The van der Waals surface area contributed by atoms with Crippen molar-refractivity contribution in [2.24, 2.45) is 7.05 Å². The molecule has 0 bridgehead atoms. The first-order chi connectivity index (χ1) is 9.63. The SMILES string of the molecule is COC(=O)C(Nc1nccn(C)c1=O)c1ccccc1. The van der Waals surface area contributed by atoms with Gasteiger partial charge in [-0.25, -0.2) is 9.78 Å². The summed E-state index contributed by atoms with van der Waals surface area (Å²) in [5.41, 5.74) is 0.393. The maximum Gasteiger partial charge on any atom is 0.333 e. The largest absolute Gasteiger partial charge is 0.467 e. The van der Waals surface area contributed by atoms with Crippen LogP contribution in [0, 0.1) is 0 Å². The molecule has 6 heteroatoms. The Balaban J connectivity index is 2.37. The van der Waals surface area contributed by atoms with E-state index in [0.29, 0.717) is 5.56 Å². The van der Waals surface area contributed by atoms with Crippen molar-refractivity contribution in [3.8, 4) is 0 Å². The molecule has 0 amide bonds. The number of benzene rings is 1. The van der Waals surface area contributed by atoms with Gasteiger partial charge in [0.1, 0.15) is 0 Å². The van der Waals surface area contributed by atoms with Crippen LogP contribution in [0.3, 0.4) is 0 Å². The Morgan fingerprint density at radius 1 is 1.35 bits per heavy atom. The van der Waals surface area contributed by atoms with Crippen molar-refractivity contribution in [2.45, 2.75) is 6.04 Å². The number of methoxy groups -OCH3 is 1. The van der Waals surface area contributed by atoms with Crippen LogP contribution < -0.4 is 10.9 Å². The molecule has 0 fully saturated rings. The van der Waals surface area contributed by atoms with Gasteiger partial charge in [0.2, 0.25) is 0 Å². The van der Waals surface area contributed by atoms with Crippen LogP contribution in [0.15, 0.2) is 47.5 Å². The van der Waals surface area contributed by atoms with Crippen LogP contribution in [0.4, 0.5) is 5.82 Å². The Bertz CT molecular complexity index is 652. The van der Waals surface area contributed by atoms with Crippen molar-refractivity contribution >= 4 is 11.8 Å². The van der Waals surface area contributed by atoms with Crippen molar-refractivity contribution < 1.29 is 9.53 Å². The van der Waals surface area contributed by atoms with Crippen molar-refractivity contribution in [2.75, 3.05) is 12.4 Å². The van der Waals surface area contributed by atoms with Crippen LogP contribution in [0.1, 0.15) is 11.6 Å². The van der Waals surface area contributed by atoms with Crippen LogP contribution in [0.2, 0.25) is 0 Å². The van der Waals surface area contributed by atoms with Gasteiger partial charge in [0.15, 0.2) is 11.9 Å². The lowest BCUT2D eigenvalue weighted by atomic mass is 10.1. The lowest BCUT2D eigenvalue weighted by Crippen LogP contribution is -2.28. The summed E-state index contributed by atoms with van der Waals surface area (Å²) in [6.07, 6.45) is 3.03. The second kappa shape index (κ2) is 6.01. The third kappa shape index (κ3) is 2.85. The highest BCUT2D eigenvalue weighted by molar-refractivity contribution is 5.80. The number of hydrogen-bond donors (Lipinski definition) is 1. The number of aromatic nitrogens is 2. The number of aryl methyl sites for hydroxylation is 1. The predicted molar refractivity (Wildman–Crippen MR) is 74.3 cm³/mol. The second-order valence-corrected chi connectivity index (χ2v) is 4.20. The number of carbonyl (C=O) groups excluding carboxylic acids is 1. The summed E-state index contributed by atoms with van der Waals surface area (Å²) in [4.78, 5) is 27.8. The summed E-state index contributed by atoms with van der Waals surface area (Å²) in [5.74, 6) is -0.377. The fourth-order valence-corrected chi connectivity index (χ4v) is 1.78. The lowest BCUT2D eigenvalue weighted by molar-refractivity contribution is -0.141. The number of rotatable bonds is 4. The van der Waals surface area contributed by atoms with Gasteiger partial charge in [0.25, 0.3) is 5.56 Å². The first-order valence-corrected chi connectivity index (χ1v) is 6.04. The molecule has 104 valence electrons. The fourth-order valence-electron chi connectivity index (χ4n) is 1.78. The highest BCUT2D eigenvalue weighted by Gasteiger charge is 2.22. The Labute approximate surface area is 116 Å². The molecule has 2 rings (SSSR count). The summed E-state index contributed by atoms with van der Waals surface area (Å²) in [6.45, 7) is 0. The molecule has 6 nitrogen and oxygen atoms in total. The number of anilines is 1. The predicted octanol–water partition coefficient (Wildman–Crippen LogP) is 1.11. The van der Waals surface area contributed by atoms with Gasteiger partial charge in [-0.3, -0.25) is 4.79 Å². The first-order valence-electron chi connectivity index (χ1n) is 6.04. The molecule has 1 heterocycles. The maximum absolute atomic E-state index is 11.9. The summed E-state index contributed by atoms with van der Waals surface area (Å²) in [5, 5.41) is 2.84. The fraction of sp³-hybridized carbons (Fsp3) is 0.214.